The molecule has 96 valence electrons. The molecule has 0 amide bonds. The van der Waals surface area contributed by atoms with E-state index in [1.165, 1.54) is 0 Å². The van der Waals surface area contributed by atoms with Crippen molar-refractivity contribution in [3.05, 3.63) is 51.2 Å². The Hall–Kier alpha value is -1.49. The van der Waals surface area contributed by atoms with Crippen LogP contribution in [-0.4, -0.2) is 4.57 Å². The van der Waals surface area contributed by atoms with Gasteiger partial charge in [0.05, 0.1) is 12.2 Å². The molecule has 2 rings (SSSR count). The molecular weight excluding hydrogens is 296 g/mol. The first-order valence-electron chi connectivity index (χ1n) is 5.87. The fourth-order valence-electron chi connectivity index (χ4n) is 1.69. The fraction of sp³-hybridized carbons (Fsp3) is 0.308. The van der Waals surface area contributed by atoms with Crippen LogP contribution in [0.25, 0.3) is 0 Å². The van der Waals surface area contributed by atoms with Gasteiger partial charge < -0.3 is 14.3 Å². The van der Waals surface area contributed by atoms with Crippen LogP contribution in [0.5, 0.6) is 0 Å². The maximum Gasteiger partial charge on any atom is 0.250 e. The second kappa shape index (κ2) is 5.91. The highest BCUT2D eigenvalue weighted by atomic mass is 79.9. The van der Waals surface area contributed by atoms with E-state index in [1.54, 1.807) is 16.7 Å². The van der Waals surface area contributed by atoms with Crippen molar-refractivity contribution in [1.29, 1.82) is 0 Å². The minimum Gasteiger partial charge on any atom is -0.452 e. The van der Waals surface area contributed by atoms with Crippen LogP contribution in [0, 0.1) is 0 Å². The van der Waals surface area contributed by atoms with E-state index in [-0.39, 0.29) is 5.56 Å². The quantitative estimate of drug-likeness (QED) is 0.922. The predicted molar refractivity (Wildman–Crippen MR) is 74.7 cm³/mol. The van der Waals surface area contributed by atoms with Crippen molar-refractivity contribution in [2.45, 2.75) is 26.4 Å². The predicted octanol–water partition coefficient (Wildman–Crippen LogP) is 3.23. The monoisotopic (exact) mass is 310 g/mol. The number of aryl methyl sites for hydroxylation is 1. The van der Waals surface area contributed by atoms with Crippen LogP contribution in [0.4, 0.5) is 5.69 Å². The standard InChI is InChI=1S/C13H15BrN2O2/c1-2-7-16-9-10(3-6-13(16)17)15-8-11-4-5-12(14)18-11/h3-6,9,15H,2,7-8H2,1H3. The van der Waals surface area contributed by atoms with Gasteiger partial charge in [0.1, 0.15) is 5.76 Å². The third-order valence-corrected chi connectivity index (χ3v) is 2.97. The lowest BCUT2D eigenvalue weighted by molar-refractivity contribution is 0.495. The van der Waals surface area contributed by atoms with Gasteiger partial charge in [0.15, 0.2) is 4.67 Å². The Morgan fingerprint density at radius 3 is 2.83 bits per heavy atom. The lowest BCUT2D eigenvalue weighted by Crippen LogP contribution is -2.18. The van der Waals surface area contributed by atoms with Gasteiger partial charge in [0, 0.05) is 18.8 Å². The second-order valence-electron chi connectivity index (χ2n) is 4.01. The van der Waals surface area contributed by atoms with Crippen molar-refractivity contribution in [1.82, 2.24) is 4.57 Å². The third-order valence-electron chi connectivity index (χ3n) is 2.54. The van der Waals surface area contributed by atoms with Gasteiger partial charge in [-0.1, -0.05) is 6.92 Å². The van der Waals surface area contributed by atoms with E-state index in [4.69, 9.17) is 4.42 Å². The summed E-state index contributed by atoms with van der Waals surface area (Å²) in [7, 11) is 0. The van der Waals surface area contributed by atoms with Crippen LogP contribution in [0.1, 0.15) is 19.1 Å². The number of anilines is 1. The van der Waals surface area contributed by atoms with Gasteiger partial charge in [0.25, 0.3) is 5.56 Å². The van der Waals surface area contributed by atoms with E-state index in [1.807, 2.05) is 25.3 Å². The Morgan fingerprint density at radius 2 is 2.17 bits per heavy atom. The van der Waals surface area contributed by atoms with Crippen molar-refractivity contribution in [2.24, 2.45) is 0 Å². The summed E-state index contributed by atoms with van der Waals surface area (Å²) in [6, 6.07) is 7.12. The van der Waals surface area contributed by atoms with Gasteiger partial charge in [0.2, 0.25) is 0 Å². The summed E-state index contributed by atoms with van der Waals surface area (Å²) in [5.41, 5.74) is 0.943. The molecule has 18 heavy (non-hydrogen) atoms. The van der Waals surface area contributed by atoms with E-state index in [9.17, 15) is 4.79 Å². The molecule has 0 unspecified atom stereocenters. The van der Waals surface area contributed by atoms with Crippen molar-refractivity contribution in [2.75, 3.05) is 5.32 Å². The number of hydrogen-bond acceptors (Lipinski definition) is 3. The van der Waals surface area contributed by atoms with Gasteiger partial charge in [-0.15, -0.1) is 0 Å². The highest BCUT2D eigenvalue weighted by Crippen LogP contribution is 2.15. The molecule has 0 fully saturated rings. The van der Waals surface area contributed by atoms with Crippen molar-refractivity contribution in [3.8, 4) is 0 Å². The van der Waals surface area contributed by atoms with Crippen molar-refractivity contribution in [3.63, 3.8) is 0 Å². The molecule has 2 heterocycles. The van der Waals surface area contributed by atoms with Gasteiger partial charge in [-0.05, 0) is 40.5 Å². The smallest absolute Gasteiger partial charge is 0.250 e. The number of furan rings is 1. The van der Waals surface area contributed by atoms with Gasteiger partial charge >= 0.3 is 0 Å². The molecule has 0 spiro atoms. The van der Waals surface area contributed by atoms with E-state index >= 15 is 0 Å². The first-order chi connectivity index (χ1) is 8.69. The summed E-state index contributed by atoms with van der Waals surface area (Å²) >= 11 is 3.26. The number of halogens is 1. The Balaban J connectivity index is 2.05. The summed E-state index contributed by atoms with van der Waals surface area (Å²) < 4.78 is 7.82. The molecule has 0 atom stereocenters. The van der Waals surface area contributed by atoms with Crippen LogP contribution < -0.4 is 10.9 Å². The molecule has 1 N–H and O–H groups in total. The molecule has 0 bridgehead atoms. The highest BCUT2D eigenvalue weighted by Gasteiger charge is 2.01. The lowest BCUT2D eigenvalue weighted by Gasteiger charge is -2.08. The average Bonchev–Trinajstić information content (AvgIpc) is 2.76. The number of nitrogens with one attached hydrogen (secondary N) is 1. The summed E-state index contributed by atoms with van der Waals surface area (Å²) in [6.07, 6.45) is 2.78. The number of aromatic nitrogens is 1. The van der Waals surface area contributed by atoms with Gasteiger partial charge in [-0.25, -0.2) is 0 Å². The zero-order valence-electron chi connectivity index (χ0n) is 10.1. The minimum atomic E-state index is 0.0307. The van der Waals surface area contributed by atoms with E-state index in [2.05, 4.69) is 21.2 Å². The molecule has 0 radical (unpaired) electrons. The molecule has 0 saturated heterocycles. The largest absolute Gasteiger partial charge is 0.452 e. The summed E-state index contributed by atoms with van der Waals surface area (Å²) in [5, 5.41) is 3.23. The Kier molecular flexibility index (Phi) is 4.25. The lowest BCUT2D eigenvalue weighted by atomic mass is 10.3. The molecule has 4 nitrogen and oxygen atoms in total. The molecule has 0 aliphatic rings. The molecular formula is C13H15BrN2O2. The van der Waals surface area contributed by atoms with E-state index in [0.29, 0.717) is 6.54 Å². The van der Waals surface area contributed by atoms with Crippen LogP contribution >= 0.6 is 15.9 Å². The van der Waals surface area contributed by atoms with Crippen molar-refractivity contribution < 1.29 is 4.42 Å². The Bertz CT molecular complexity index is 574. The normalized spacial score (nSPS) is 10.6. The zero-order valence-corrected chi connectivity index (χ0v) is 11.7. The van der Waals surface area contributed by atoms with E-state index < -0.39 is 0 Å². The fourth-order valence-corrected chi connectivity index (χ4v) is 2.03. The summed E-state index contributed by atoms with van der Waals surface area (Å²) in [6.45, 7) is 3.38. The third kappa shape index (κ3) is 3.26. The number of pyridine rings is 1. The number of rotatable bonds is 5. The minimum absolute atomic E-state index is 0.0307. The maximum absolute atomic E-state index is 11.5. The summed E-state index contributed by atoms with van der Waals surface area (Å²) in [4.78, 5) is 11.5. The van der Waals surface area contributed by atoms with Crippen LogP contribution in [0.15, 0.2) is 44.3 Å². The van der Waals surface area contributed by atoms with Gasteiger partial charge in [-0.3, -0.25) is 4.79 Å². The topological polar surface area (TPSA) is 47.2 Å². The van der Waals surface area contributed by atoms with Crippen LogP contribution in [0.3, 0.4) is 0 Å². The SMILES string of the molecule is CCCn1cc(NCc2ccc(Br)o2)ccc1=O. The first kappa shape index (κ1) is 13.0. The average molecular weight is 311 g/mol. The Labute approximate surface area is 114 Å². The summed E-state index contributed by atoms with van der Waals surface area (Å²) in [5.74, 6) is 0.843. The molecule has 2 aromatic rings. The maximum atomic E-state index is 11.5. The number of nitrogens with zero attached hydrogens (tertiary/aromatic N) is 1. The van der Waals surface area contributed by atoms with Crippen LogP contribution in [-0.2, 0) is 13.1 Å². The molecule has 5 heteroatoms. The molecule has 2 aromatic heterocycles. The van der Waals surface area contributed by atoms with Gasteiger partial charge in [-0.2, -0.15) is 0 Å². The van der Waals surface area contributed by atoms with E-state index in [0.717, 1.165) is 29.1 Å². The Morgan fingerprint density at radius 1 is 1.33 bits per heavy atom. The molecule has 0 saturated carbocycles. The zero-order chi connectivity index (χ0) is 13.0. The molecule has 0 aliphatic carbocycles. The van der Waals surface area contributed by atoms with Crippen LogP contribution in [0.2, 0.25) is 0 Å². The molecule has 0 aliphatic heterocycles. The number of hydrogen-bond donors (Lipinski definition) is 1. The molecule has 0 aromatic carbocycles. The highest BCUT2D eigenvalue weighted by molar-refractivity contribution is 9.10. The van der Waals surface area contributed by atoms with Crippen molar-refractivity contribution >= 4 is 21.6 Å². The second-order valence-corrected chi connectivity index (χ2v) is 4.79. The first-order valence-corrected chi connectivity index (χ1v) is 6.67.